The first-order chi connectivity index (χ1) is 17.3. The number of aryl methyl sites for hydroxylation is 1. The van der Waals surface area contributed by atoms with E-state index in [1.807, 2.05) is 43.3 Å². The summed E-state index contributed by atoms with van der Waals surface area (Å²) >= 11 is 0. The third-order valence-electron chi connectivity index (χ3n) is 5.25. The molecule has 4 rings (SSSR count). The molecule has 0 fully saturated rings. The zero-order valence-electron chi connectivity index (χ0n) is 19.3. The molecular weight excluding hydrogens is 478 g/mol. The fourth-order valence-electron chi connectivity index (χ4n) is 3.48. The first kappa shape index (κ1) is 24.8. The summed E-state index contributed by atoms with van der Waals surface area (Å²) in [6.07, 6.45) is 1.37. The SMILES string of the molecule is Cc1cccc(C(=O)Oc2ccc3ccccc3c2/C=N/NC(=O)CNS(=O)(=O)c2ccccc2)c1. The van der Waals surface area contributed by atoms with E-state index >= 15 is 0 Å². The predicted molar refractivity (Wildman–Crippen MR) is 137 cm³/mol. The number of nitrogens with zero attached hydrogens (tertiary/aromatic N) is 1. The number of benzene rings is 4. The molecular formula is C27H23N3O5S. The van der Waals surface area contributed by atoms with Gasteiger partial charge in [-0.2, -0.15) is 5.10 Å². The van der Waals surface area contributed by atoms with Crippen molar-refractivity contribution in [2.45, 2.75) is 11.8 Å². The average molecular weight is 502 g/mol. The second-order valence-corrected chi connectivity index (χ2v) is 9.66. The van der Waals surface area contributed by atoms with Crippen LogP contribution in [0.25, 0.3) is 10.8 Å². The van der Waals surface area contributed by atoms with Gasteiger partial charge in [0.2, 0.25) is 10.0 Å². The van der Waals surface area contributed by atoms with E-state index in [2.05, 4.69) is 15.2 Å². The Morgan fingerprint density at radius 1 is 0.917 bits per heavy atom. The number of hydrazone groups is 1. The Bertz CT molecular complexity index is 1550. The molecule has 4 aromatic rings. The van der Waals surface area contributed by atoms with Crippen molar-refractivity contribution in [1.82, 2.24) is 10.1 Å². The summed E-state index contributed by atoms with van der Waals surface area (Å²) < 4.78 is 32.5. The molecule has 8 nitrogen and oxygen atoms in total. The number of esters is 1. The Hall–Kier alpha value is -4.34. The molecule has 0 radical (unpaired) electrons. The lowest BCUT2D eigenvalue weighted by molar-refractivity contribution is -0.119. The summed E-state index contributed by atoms with van der Waals surface area (Å²) in [5, 5.41) is 5.61. The second-order valence-electron chi connectivity index (χ2n) is 7.89. The molecule has 0 heterocycles. The van der Waals surface area contributed by atoms with Gasteiger partial charge >= 0.3 is 5.97 Å². The predicted octanol–water partition coefficient (Wildman–Crippen LogP) is 3.80. The maximum Gasteiger partial charge on any atom is 0.343 e. The van der Waals surface area contributed by atoms with Crippen molar-refractivity contribution in [2.75, 3.05) is 6.54 Å². The first-order valence-corrected chi connectivity index (χ1v) is 12.5. The number of hydrogen-bond donors (Lipinski definition) is 2. The number of sulfonamides is 1. The van der Waals surface area contributed by atoms with Gasteiger partial charge in [0.25, 0.3) is 5.91 Å². The average Bonchev–Trinajstić information content (AvgIpc) is 2.89. The number of carbonyl (C=O) groups excluding carboxylic acids is 2. The summed E-state index contributed by atoms with van der Waals surface area (Å²) in [7, 11) is -3.83. The smallest absolute Gasteiger partial charge is 0.343 e. The minimum Gasteiger partial charge on any atom is -0.422 e. The lowest BCUT2D eigenvalue weighted by Gasteiger charge is -2.11. The first-order valence-electron chi connectivity index (χ1n) is 11.0. The van der Waals surface area contributed by atoms with Crippen LogP contribution in [0.4, 0.5) is 0 Å². The van der Waals surface area contributed by atoms with Crippen LogP contribution in [0.15, 0.2) is 101 Å². The lowest BCUT2D eigenvalue weighted by Crippen LogP contribution is -2.34. The maximum atomic E-state index is 12.7. The summed E-state index contributed by atoms with van der Waals surface area (Å²) in [6, 6.07) is 25.7. The van der Waals surface area contributed by atoms with Crippen LogP contribution in [0.1, 0.15) is 21.5 Å². The van der Waals surface area contributed by atoms with Crippen molar-refractivity contribution in [1.29, 1.82) is 0 Å². The fourth-order valence-corrected chi connectivity index (χ4v) is 4.48. The van der Waals surface area contributed by atoms with Gasteiger partial charge in [-0.1, -0.05) is 66.2 Å². The number of hydrogen-bond acceptors (Lipinski definition) is 6. The Kier molecular flexibility index (Phi) is 7.53. The van der Waals surface area contributed by atoms with E-state index in [-0.39, 0.29) is 10.6 Å². The Labute approximate surface area is 208 Å². The van der Waals surface area contributed by atoms with E-state index < -0.39 is 28.4 Å². The van der Waals surface area contributed by atoms with Gasteiger partial charge in [-0.25, -0.2) is 23.4 Å². The zero-order chi connectivity index (χ0) is 25.5. The van der Waals surface area contributed by atoms with Gasteiger partial charge in [-0.3, -0.25) is 4.79 Å². The molecule has 0 unspecified atom stereocenters. The highest BCUT2D eigenvalue weighted by Gasteiger charge is 2.16. The topological polar surface area (TPSA) is 114 Å². The molecule has 0 spiro atoms. The largest absolute Gasteiger partial charge is 0.422 e. The van der Waals surface area contributed by atoms with E-state index in [0.717, 1.165) is 16.3 Å². The minimum absolute atomic E-state index is 0.0529. The van der Waals surface area contributed by atoms with Crippen molar-refractivity contribution >= 4 is 38.9 Å². The van der Waals surface area contributed by atoms with Crippen LogP contribution in [0.3, 0.4) is 0 Å². The summed E-state index contributed by atoms with van der Waals surface area (Å²) in [6.45, 7) is 1.38. The standard InChI is InChI=1S/C27H23N3O5S/c1-19-8-7-10-21(16-19)27(32)35-25-15-14-20-9-5-6-13-23(20)24(25)17-28-30-26(31)18-29-36(33,34)22-11-3-2-4-12-22/h2-17,29H,18H2,1H3,(H,30,31)/b28-17+. The highest BCUT2D eigenvalue weighted by Crippen LogP contribution is 2.27. The zero-order valence-corrected chi connectivity index (χ0v) is 20.2. The Balaban J connectivity index is 1.50. The van der Waals surface area contributed by atoms with Crippen molar-refractivity contribution in [2.24, 2.45) is 5.10 Å². The van der Waals surface area contributed by atoms with Gasteiger partial charge in [0, 0.05) is 5.56 Å². The molecule has 0 saturated heterocycles. The normalized spacial score (nSPS) is 11.5. The summed E-state index contributed by atoms with van der Waals surface area (Å²) in [5.74, 6) is -0.921. The van der Waals surface area contributed by atoms with Crippen LogP contribution in [-0.4, -0.2) is 33.1 Å². The maximum absolute atomic E-state index is 12.7. The monoisotopic (exact) mass is 501 g/mol. The van der Waals surface area contributed by atoms with Crippen LogP contribution >= 0.6 is 0 Å². The molecule has 36 heavy (non-hydrogen) atoms. The summed E-state index contributed by atoms with van der Waals surface area (Å²) in [5.41, 5.74) is 4.12. The van der Waals surface area contributed by atoms with Crippen LogP contribution in [0, 0.1) is 6.92 Å². The molecule has 0 aliphatic carbocycles. The number of ether oxygens (including phenoxy) is 1. The molecule has 2 N–H and O–H groups in total. The summed E-state index contributed by atoms with van der Waals surface area (Å²) in [4.78, 5) is 25.0. The second kappa shape index (κ2) is 10.9. The van der Waals surface area contributed by atoms with E-state index in [4.69, 9.17) is 4.74 Å². The molecule has 0 saturated carbocycles. The van der Waals surface area contributed by atoms with Gasteiger partial charge in [0.1, 0.15) is 5.75 Å². The third-order valence-corrected chi connectivity index (χ3v) is 6.66. The van der Waals surface area contributed by atoms with Crippen molar-refractivity contribution < 1.29 is 22.7 Å². The molecule has 0 aliphatic heterocycles. The quantitative estimate of drug-likeness (QED) is 0.165. The number of amides is 1. The van der Waals surface area contributed by atoms with Crippen LogP contribution in [0.5, 0.6) is 5.75 Å². The molecule has 0 bridgehead atoms. The van der Waals surface area contributed by atoms with Gasteiger partial charge in [-0.15, -0.1) is 0 Å². The van der Waals surface area contributed by atoms with Gasteiger partial charge < -0.3 is 4.74 Å². The van der Waals surface area contributed by atoms with Gasteiger partial charge in [0.05, 0.1) is 23.2 Å². The molecule has 0 aromatic heterocycles. The Morgan fingerprint density at radius 2 is 1.67 bits per heavy atom. The van der Waals surface area contributed by atoms with Crippen LogP contribution in [0.2, 0.25) is 0 Å². The van der Waals surface area contributed by atoms with Gasteiger partial charge in [0.15, 0.2) is 0 Å². The van der Waals surface area contributed by atoms with Crippen molar-refractivity contribution in [3.63, 3.8) is 0 Å². The van der Waals surface area contributed by atoms with E-state index in [1.54, 1.807) is 42.5 Å². The van der Waals surface area contributed by atoms with Crippen molar-refractivity contribution in [3.05, 3.63) is 108 Å². The van der Waals surface area contributed by atoms with E-state index in [1.165, 1.54) is 18.3 Å². The molecule has 1 amide bonds. The number of nitrogens with one attached hydrogen (secondary N) is 2. The van der Waals surface area contributed by atoms with Gasteiger partial charge in [-0.05, 0) is 48.0 Å². The molecule has 0 atom stereocenters. The molecule has 4 aromatic carbocycles. The van der Waals surface area contributed by atoms with E-state index in [9.17, 15) is 18.0 Å². The van der Waals surface area contributed by atoms with E-state index in [0.29, 0.717) is 11.1 Å². The molecule has 0 aliphatic rings. The fraction of sp³-hybridized carbons (Fsp3) is 0.0741. The van der Waals surface area contributed by atoms with Crippen LogP contribution in [-0.2, 0) is 14.8 Å². The number of rotatable bonds is 8. The van der Waals surface area contributed by atoms with Crippen LogP contribution < -0.4 is 14.9 Å². The number of carbonyl (C=O) groups is 2. The van der Waals surface area contributed by atoms with Crippen molar-refractivity contribution in [3.8, 4) is 5.75 Å². The Morgan fingerprint density at radius 3 is 2.44 bits per heavy atom. The third kappa shape index (κ3) is 6.01. The minimum atomic E-state index is -3.83. The highest BCUT2D eigenvalue weighted by atomic mass is 32.2. The molecule has 9 heteroatoms. The highest BCUT2D eigenvalue weighted by molar-refractivity contribution is 7.89. The lowest BCUT2D eigenvalue weighted by atomic mass is 10.0. The molecule has 182 valence electrons. The number of fused-ring (bicyclic) bond motifs is 1.